The summed E-state index contributed by atoms with van der Waals surface area (Å²) in [6, 6.07) is 10.5. The summed E-state index contributed by atoms with van der Waals surface area (Å²) in [5, 5.41) is 9.01. The van der Waals surface area contributed by atoms with E-state index in [9.17, 15) is 4.79 Å². The summed E-state index contributed by atoms with van der Waals surface area (Å²) in [7, 11) is 0. The molecule has 5 rings (SSSR count). The van der Waals surface area contributed by atoms with E-state index in [4.69, 9.17) is 0 Å². The van der Waals surface area contributed by atoms with Gasteiger partial charge in [0.05, 0.1) is 5.69 Å². The predicted molar refractivity (Wildman–Crippen MR) is 121 cm³/mol. The Labute approximate surface area is 182 Å². The molecule has 162 valence electrons. The number of piperidine rings is 1. The van der Waals surface area contributed by atoms with Gasteiger partial charge in [0.15, 0.2) is 11.6 Å². The lowest BCUT2D eigenvalue weighted by atomic mass is 10.0. The molecule has 0 radical (unpaired) electrons. The summed E-state index contributed by atoms with van der Waals surface area (Å²) < 4.78 is 1.88. The van der Waals surface area contributed by atoms with Crippen molar-refractivity contribution in [1.82, 2.24) is 24.5 Å². The maximum Gasteiger partial charge on any atom is 0.272 e. The molecule has 2 fully saturated rings. The second kappa shape index (κ2) is 8.17. The highest BCUT2D eigenvalue weighted by molar-refractivity contribution is 5.94. The Bertz CT molecular complexity index is 1070. The average Bonchev–Trinajstić information content (AvgIpc) is 3.15. The van der Waals surface area contributed by atoms with Gasteiger partial charge in [0.1, 0.15) is 11.3 Å². The molecule has 1 atom stereocenters. The maximum absolute atomic E-state index is 13.2. The molecule has 31 heavy (non-hydrogen) atoms. The number of piperazine rings is 1. The number of rotatable bonds is 3. The van der Waals surface area contributed by atoms with E-state index in [1.807, 2.05) is 40.6 Å². The minimum absolute atomic E-state index is 0.0383. The first-order chi connectivity index (χ1) is 15.1. The molecule has 0 bridgehead atoms. The van der Waals surface area contributed by atoms with Crippen LogP contribution in [0.4, 0.5) is 11.6 Å². The van der Waals surface area contributed by atoms with E-state index in [1.54, 1.807) is 0 Å². The Morgan fingerprint density at radius 1 is 0.968 bits per heavy atom. The highest BCUT2D eigenvalue weighted by atomic mass is 16.2. The molecule has 0 spiro atoms. The van der Waals surface area contributed by atoms with Crippen molar-refractivity contribution >= 4 is 23.2 Å². The number of hydrogen-bond acceptors (Lipinski definition) is 6. The zero-order chi connectivity index (χ0) is 21.4. The van der Waals surface area contributed by atoms with E-state index in [2.05, 4.69) is 44.0 Å². The van der Waals surface area contributed by atoms with Crippen molar-refractivity contribution in [3.8, 4) is 0 Å². The third kappa shape index (κ3) is 3.71. The van der Waals surface area contributed by atoms with Crippen molar-refractivity contribution in [2.45, 2.75) is 39.2 Å². The number of carbonyl (C=O) groups is 1. The molecule has 0 N–H and O–H groups in total. The molecule has 3 aromatic rings. The number of anilines is 2. The summed E-state index contributed by atoms with van der Waals surface area (Å²) in [4.78, 5) is 24.2. The minimum atomic E-state index is 0.0383. The summed E-state index contributed by atoms with van der Waals surface area (Å²) in [5.41, 5.74) is 2.23. The van der Waals surface area contributed by atoms with Crippen molar-refractivity contribution < 1.29 is 4.79 Å². The van der Waals surface area contributed by atoms with E-state index in [0.717, 1.165) is 42.6 Å². The number of nitrogens with zero attached hydrogens (tertiary/aromatic N) is 7. The van der Waals surface area contributed by atoms with Crippen molar-refractivity contribution in [3.05, 3.63) is 47.9 Å². The Hall–Kier alpha value is -3.16. The van der Waals surface area contributed by atoms with Gasteiger partial charge in [0, 0.05) is 45.0 Å². The first-order valence-corrected chi connectivity index (χ1v) is 11.2. The Kier molecular flexibility index (Phi) is 5.21. The lowest BCUT2D eigenvalue weighted by Crippen LogP contribution is -2.49. The predicted octanol–water partition coefficient (Wildman–Crippen LogP) is 2.77. The van der Waals surface area contributed by atoms with E-state index in [-0.39, 0.29) is 5.91 Å². The normalized spacial score (nSPS) is 19.8. The zero-order valence-corrected chi connectivity index (χ0v) is 18.2. The smallest absolute Gasteiger partial charge is 0.272 e. The number of fused-ring (bicyclic) bond motifs is 1. The van der Waals surface area contributed by atoms with Gasteiger partial charge < -0.3 is 14.7 Å². The van der Waals surface area contributed by atoms with Gasteiger partial charge in [0.2, 0.25) is 0 Å². The van der Waals surface area contributed by atoms with Crippen LogP contribution in [0.1, 0.15) is 42.4 Å². The van der Waals surface area contributed by atoms with Gasteiger partial charge in [0.25, 0.3) is 5.91 Å². The number of imidazole rings is 1. The zero-order valence-electron chi connectivity index (χ0n) is 18.2. The average molecular weight is 420 g/mol. The second-order valence-corrected chi connectivity index (χ2v) is 8.54. The second-order valence-electron chi connectivity index (χ2n) is 8.54. The minimum Gasteiger partial charge on any atom is -0.352 e. The third-order valence-electron chi connectivity index (χ3n) is 6.53. The van der Waals surface area contributed by atoms with Crippen LogP contribution in [0.3, 0.4) is 0 Å². The van der Waals surface area contributed by atoms with Gasteiger partial charge >= 0.3 is 0 Å². The Morgan fingerprint density at radius 2 is 1.74 bits per heavy atom. The fourth-order valence-electron chi connectivity index (χ4n) is 4.74. The molecule has 3 aromatic heterocycles. The highest BCUT2D eigenvalue weighted by Gasteiger charge is 2.27. The van der Waals surface area contributed by atoms with Crippen LogP contribution in [-0.2, 0) is 0 Å². The lowest BCUT2D eigenvalue weighted by molar-refractivity contribution is 0.0738. The van der Waals surface area contributed by atoms with Gasteiger partial charge in [-0.25, -0.2) is 4.98 Å². The van der Waals surface area contributed by atoms with Gasteiger partial charge in [-0.3, -0.25) is 9.20 Å². The number of aromatic nitrogens is 4. The van der Waals surface area contributed by atoms with Crippen LogP contribution < -0.4 is 9.80 Å². The molecular weight excluding hydrogens is 390 g/mol. The van der Waals surface area contributed by atoms with Crippen LogP contribution >= 0.6 is 0 Å². The van der Waals surface area contributed by atoms with Gasteiger partial charge in [-0.1, -0.05) is 6.07 Å². The molecule has 8 heteroatoms. The van der Waals surface area contributed by atoms with Gasteiger partial charge in [-0.05, 0) is 57.4 Å². The highest BCUT2D eigenvalue weighted by Crippen LogP contribution is 2.24. The summed E-state index contributed by atoms with van der Waals surface area (Å²) in [6.45, 7) is 8.02. The Balaban J connectivity index is 1.25. The molecule has 0 aliphatic carbocycles. The largest absolute Gasteiger partial charge is 0.352 e. The number of amides is 1. The van der Waals surface area contributed by atoms with Crippen molar-refractivity contribution in [3.63, 3.8) is 0 Å². The van der Waals surface area contributed by atoms with Gasteiger partial charge in [-0.15, -0.1) is 10.2 Å². The van der Waals surface area contributed by atoms with Crippen LogP contribution in [0.5, 0.6) is 0 Å². The Morgan fingerprint density at radius 3 is 2.48 bits per heavy atom. The lowest BCUT2D eigenvalue weighted by Gasteiger charge is -2.36. The van der Waals surface area contributed by atoms with Crippen molar-refractivity contribution in [2.24, 2.45) is 0 Å². The topological polar surface area (TPSA) is 69.9 Å². The van der Waals surface area contributed by atoms with E-state index >= 15 is 0 Å². The van der Waals surface area contributed by atoms with Crippen molar-refractivity contribution in [2.75, 3.05) is 42.5 Å². The maximum atomic E-state index is 13.2. The van der Waals surface area contributed by atoms with Crippen LogP contribution in [0, 0.1) is 6.92 Å². The standard InChI is InChI=1S/C23H29N7O/c1-17-7-3-5-11-29(17)21-10-9-20(25-26-21)27-13-15-28(16-14-27)23(31)22-18(2)24-19-8-4-6-12-30(19)22/h4,6,8-10,12,17H,3,5,7,11,13-16H2,1-2H3. The summed E-state index contributed by atoms with van der Waals surface area (Å²) >= 11 is 0. The first-order valence-electron chi connectivity index (χ1n) is 11.2. The number of carbonyl (C=O) groups excluding carboxylic acids is 1. The number of pyridine rings is 1. The van der Waals surface area contributed by atoms with E-state index in [1.165, 1.54) is 19.3 Å². The monoisotopic (exact) mass is 419 g/mol. The molecule has 2 saturated heterocycles. The van der Waals surface area contributed by atoms with E-state index in [0.29, 0.717) is 24.8 Å². The summed E-state index contributed by atoms with van der Waals surface area (Å²) in [5.74, 6) is 1.88. The molecule has 2 aliphatic heterocycles. The van der Waals surface area contributed by atoms with Crippen LogP contribution in [-0.4, -0.2) is 69.2 Å². The molecule has 2 aliphatic rings. The summed E-state index contributed by atoms with van der Waals surface area (Å²) in [6.07, 6.45) is 5.63. The van der Waals surface area contributed by atoms with Crippen molar-refractivity contribution in [1.29, 1.82) is 0 Å². The fraction of sp³-hybridized carbons (Fsp3) is 0.478. The quantitative estimate of drug-likeness (QED) is 0.650. The molecule has 1 amide bonds. The number of hydrogen-bond donors (Lipinski definition) is 0. The SMILES string of the molecule is Cc1nc2ccccn2c1C(=O)N1CCN(c2ccc(N3CCCCC3C)nn2)CC1. The van der Waals surface area contributed by atoms with Crippen LogP contribution in [0.25, 0.3) is 5.65 Å². The van der Waals surface area contributed by atoms with Gasteiger partial charge in [-0.2, -0.15) is 0 Å². The molecular formula is C23H29N7O. The molecule has 1 unspecified atom stereocenters. The van der Waals surface area contributed by atoms with Crippen LogP contribution in [0.15, 0.2) is 36.5 Å². The third-order valence-corrected chi connectivity index (χ3v) is 6.53. The first kappa shape index (κ1) is 19.8. The molecule has 5 heterocycles. The molecule has 0 saturated carbocycles. The fourth-order valence-corrected chi connectivity index (χ4v) is 4.74. The molecule has 8 nitrogen and oxygen atoms in total. The van der Waals surface area contributed by atoms with E-state index < -0.39 is 0 Å². The van der Waals surface area contributed by atoms with Crippen LogP contribution in [0.2, 0.25) is 0 Å². The molecule has 0 aromatic carbocycles. The number of aryl methyl sites for hydroxylation is 1.